The fourth-order valence-corrected chi connectivity index (χ4v) is 1.57. The average Bonchev–Trinajstić information content (AvgIpc) is 2.33. The van der Waals surface area contributed by atoms with E-state index >= 15 is 0 Å². The van der Waals surface area contributed by atoms with Crippen molar-refractivity contribution in [2.75, 3.05) is 25.5 Å². The van der Waals surface area contributed by atoms with Crippen molar-refractivity contribution in [1.82, 2.24) is 14.5 Å². The van der Waals surface area contributed by atoms with Gasteiger partial charge in [0.15, 0.2) is 5.82 Å². The van der Waals surface area contributed by atoms with Crippen LogP contribution in [0, 0.1) is 0 Å². The first-order valence-corrected chi connectivity index (χ1v) is 6.48. The van der Waals surface area contributed by atoms with Crippen molar-refractivity contribution in [3.63, 3.8) is 0 Å². The second-order valence-corrected chi connectivity index (χ2v) is 4.90. The van der Waals surface area contributed by atoms with Gasteiger partial charge in [-0.2, -0.15) is 0 Å². The molecular formula is C13H24N4O. The Morgan fingerprint density at radius 3 is 2.83 bits per heavy atom. The Labute approximate surface area is 109 Å². The summed E-state index contributed by atoms with van der Waals surface area (Å²) in [6, 6.07) is 0.584. The molecule has 18 heavy (non-hydrogen) atoms. The fourth-order valence-electron chi connectivity index (χ4n) is 1.57. The van der Waals surface area contributed by atoms with Crippen LogP contribution in [0.4, 0.5) is 5.82 Å². The topological polar surface area (TPSA) is 50.2 Å². The predicted molar refractivity (Wildman–Crippen MR) is 75.0 cm³/mol. The van der Waals surface area contributed by atoms with Crippen LogP contribution in [0.25, 0.3) is 0 Å². The Balaban J connectivity index is 2.26. The highest BCUT2D eigenvalue weighted by Crippen LogP contribution is 1.99. The standard InChI is InChI=1S/C13H24N4O/c1-11(2)16(3)9-6-5-7-14-12-13(18)17(4)10-8-15-12/h8,10-11H,5-7,9H2,1-4H3,(H,14,15). The molecule has 5 nitrogen and oxygen atoms in total. The van der Waals surface area contributed by atoms with E-state index in [9.17, 15) is 4.79 Å². The number of rotatable bonds is 7. The summed E-state index contributed by atoms with van der Waals surface area (Å²) < 4.78 is 1.53. The quantitative estimate of drug-likeness (QED) is 0.743. The number of nitrogens with zero attached hydrogens (tertiary/aromatic N) is 3. The van der Waals surface area contributed by atoms with Gasteiger partial charge in [-0.05, 0) is 40.3 Å². The van der Waals surface area contributed by atoms with Crippen molar-refractivity contribution in [1.29, 1.82) is 0 Å². The van der Waals surface area contributed by atoms with Crippen molar-refractivity contribution in [3.8, 4) is 0 Å². The number of anilines is 1. The second-order valence-electron chi connectivity index (χ2n) is 4.90. The SMILES string of the molecule is CC(C)N(C)CCCCNc1nccn(C)c1=O. The first-order valence-electron chi connectivity index (χ1n) is 6.48. The molecule has 5 heteroatoms. The molecule has 0 amide bonds. The molecule has 0 radical (unpaired) electrons. The lowest BCUT2D eigenvalue weighted by Gasteiger charge is -2.20. The number of unbranched alkanes of at least 4 members (excludes halogenated alkanes) is 1. The summed E-state index contributed by atoms with van der Waals surface area (Å²) in [6.45, 7) is 6.25. The van der Waals surface area contributed by atoms with Crippen LogP contribution in [0.1, 0.15) is 26.7 Å². The number of aryl methyl sites for hydroxylation is 1. The first-order chi connectivity index (χ1) is 8.52. The van der Waals surface area contributed by atoms with Crippen LogP contribution in [-0.4, -0.2) is 40.6 Å². The maximum Gasteiger partial charge on any atom is 0.293 e. The minimum absolute atomic E-state index is 0.0724. The molecule has 0 fully saturated rings. The molecule has 1 heterocycles. The van der Waals surface area contributed by atoms with E-state index in [4.69, 9.17) is 0 Å². The molecule has 0 aromatic carbocycles. The van der Waals surface area contributed by atoms with Crippen LogP contribution in [0.5, 0.6) is 0 Å². The summed E-state index contributed by atoms with van der Waals surface area (Å²) >= 11 is 0. The first kappa shape index (κ1) is 14.7. The van der Waals surface area contributed by atoms with E-state index in [1.54, 1.807) is 19.4 Å². The number of hydrogen-bond acceptors (Lipinski definition) is 4. The van der Waals surface area contributed by atoms with Crippen LogP contribution < -0.4 is 10.9 Å². The van der Waals surface area contributed by atoms with Gasteiger partial charge in [-0.3, -0.25) is 4.79 Å². The molecule has 0 bridgehead atoms. The third-order valence-corrected chi connectivity index (χ3v) is 3.13. The zero-order valence-electron chi connectivity index (χ0n) is 11.8. The van der Waals surface area contributed by atoms with Crippen LogP contribution in [0.2, 0.25) is 0 Å². The van der Waals surface area contributed by atoms with Crippen LogP contribution in [0.3, 0.4) is 0 Å². The molecule has 0 aliphatic heterocycles. The van der Waals surface area contributed by atoms with E-state index < -0.39 is 0 Å². The van der Waals surface area contributed by atoms with E-state index in [-0.39, 0.29) is 5.56 Å². The van der Waals surface area contributed by atoms with E-state index in [2.05, 4.69) is 36.1 Å². The van der Waals surface area contributed by atoms with Gasteiger partial charge in [0.2, 0.25) is 0 Å². The molecule has 1 aromatic rings. The number of aromatic nitrogens is 2. The third kappa shape index (κ3) is 4.49. The molecular weight excluding hydrogens is 228 g/mol. The second kappa shape index (κ2) is 7.16. The zero-order valence-corrected chi connectivity index (χ0v) is 11.8. The van der Waals surface area contributed by atoms with Gasteiger partial charge >= 0.3 is 0 Å². The largest absolute Gasteiger partial charge is 0.365 e. The van der Waals surface area contributed by atoms with E-state index in [0.717, 1.165) is 25.9 Å². The summed E-state index contributed by atoms with van der Waals surface area (Å²) in [4.78, 5) is 18.0. The summed E-state index contributed by atoms with van der Waals surface area (Å²) in [5.41, 5.74) is -0.0724. The summed E-state index contributed by atoms with van der Waals surface area (Å²) in [6.07, 6.45) is 5.45. The smallest absolute Gasteiger partial charge is 0.293 e. The zero-order chi connectivity index (χ0) is 13.5. The molecule has 0 aliphatic carbocycles. The monoisotopic (exact) mass is 252 g/mol. The highest BCUT2D eigenvalue weighted by atomic mass is 16.1. The van der Waals surface area contributed by atoms with E-state index in [1.807, 2.05) is 0 Å². The average molecular weight is 252 g/mol. The molecule has 0 saturated heterocycles. The Hall–Kier alpha value is -1.36. The summed E-state index contributed by atoms with van der Waals surface area (Å²) in [5, 5.41) is 3.09. The lowest BCUT2D eigenvalue weighted by molar-refractivity contribution is 0.269. The van der Waals surface area contributed by atoms with Gasteiger partial charge < -0.3 is 14.8 Å². The molecule has 0 aliphatic rings. The van der Waals surface area contributed by atoms with Gasteiger partial charge in [0.1, 0.15) is 0 Å². The maximum absolute atomic E-state index is 11.7. The third-order valence-electron chi connectivity index (χ3n) is 3.13. The van der Waals surface area contributed by atoms with Gasteiger partial charge in [0, 0.05) is 32.0 Å². The van der Waals surface area contributed by atoms with Gasteiger partial charge in [0.25, 0.3) is 5.56 Å². The Kier molecular flexibility index (Phi) is 5.85. The molecule has 0 atom stereocenters. The highest BCUT2D eigenvalue weighted by Gasteiger charge is 2.03. The van der Waals surface area contributed by atoms with Crippen molar-refractivity contribution in [2.45, 2.75) is 32.7 Å². The molecule has 0 spiro atoms. The number of nitrogens with one attached hydrogen (secondary N) is 1. The Morgan fingerprint density at radius 1 is 1.44 bits per heavy atom. The minimum atomic E-state index is -0.0724. The Bertz CT molecular complexity index is 414. The van der Waals surface area contributed by atoms with Crippen molar-refractivity contribution < 1.29 is 0 Å². The maximum atomic E-state index is 11.7. The van der Waals surface area contributed by atoms with Gasteiger partial charge in [0.05, 0.1) is 0 Å². The molecule has 1 N–H and O–H groups in total. The molecule has 0 saturated carbocycles. The van der Waals surface area contributed by atoms with E-state index in [0.29, 0.717) is 11.9 Å². The molecule has 1 rings (SSSR count). The van der Waals surface area contributed by atoms with Crippen LogP contribution in [-0.2, 0) is 7.05 Å². The van der Waals surface area contributed by atoms with Gasteiger partial charge in [-0.1, -0.05) is 0 Å². The molecule has 1 aromatic heterocycles. The van der Waals surface area contributed by atoms with Gasteiger partial charge in [-0.25, -0.2) is 4.98 Å². The minimum Gasteiger partial charge on any atom is -0.365 e. The normalized spacial score (nSPS) is 11.2. The lowest BCUT2D eigenvalue weighted by Crippen LogP contribution is -2.27. The Morgan fingerprint density at radius 2 is 2.17 bits per heavy atom. The highest BCUT2D eigenvalue weighted by molar-refractivity contribution is 5.30. The van der Waals surface area contributed by atoms with Crippen molar-refractivity contribution >= 4 is 5.82 Å². The predicted octanol–water partition coefficient (Wildman–Crippen LogP) is 1.31. The van der Waals surface area contributed by atoms with Crippen molar-refractivity contribution in [2.24, 2.45) is 7.05 Å². The molecule has 102 valence electrons. The van der Waals surface area contributed by atoms with Crippen molar-refractivity contribution in [3.05, 3.63) is 22.7 Å². The molecule has 0 unspecified atom stereocenters. The fraction of sp³-hybridized carbons (Fsp3) is 0.692. The summed E-state index contributed by atoms with van der Waals surface area (Å²) in [7, 11) is 3.86. The van der Waals surface area contributed by atoms with Crippen LogP contribution >= 0.6 is 0 Å². The van der Waals surface area contributed by atoms with Crippen LogP contribution in [0.15, 0.2) is 17.2 Å². The van der Waals surface area contributed by atoms with Gasteiger partial charge in [-0.15, -0.1) is 0 Å². The number of hydrogen-bond donors (Lipinski definition) is 1. The van der Waals surface area contributed by atoms with E-state index in [1.165, 1.54) is 4.57 Å². The summed E-state index contributed by atoms with van der Waals surface area (Å²) in [5.74, 6) is 0.442. The lowest BCUT2D eigenvalue weighted by atomic mass is 10.2.